The van der Waals surface area contributed by atoms with Crippen molar-refractivity contribution in [3.63, 3.8) is 0 Å². The summed E-state index contributed by atoms with van der Waals surface area (Å²) in [6.45, 7) is 4.82. The van der Waals surface area contributed by atoms with Gasteiger partial charge in [-0.05, 0) is 92.2 Å². The number of benzene rings is 2. The Morgan fingerprint density at radius 1 is 0.871 bits per heavy atom. The Labute approximate surface area is 370 Å². The standard InChI is InChI=1S/C47H63NO13S/c1-5-6-7-8-9-10-11-12-13-14-15-16-17-18-19-20-48-47(62)61-44-41(50)43-37(26-54-28(2)58-43)59-46(44)60-42-31-24-34-33(56-27-57-34)23-30(31)38(39-32(42)25-55-45(39)51)29-21-35(52-3)40(49)36(22-29)53-4/h8-9,11-12,21-24,28,32,37-39,41-44,46,49-50H,5-7,10,13-20,25-27H2,1-4H3,(H,48,62)/b9-8-,12-11-/t28-,32+,37-,38-,39+,41+,42-,43-,44-,46+/m1/s1. The molecule has 3 saturated heterocycles. The fourth-order valence-electron chi connectivity index (χ4n) is 9.13. The Kier molecular flexibility index (Phi) is 16.3. The van der Waals surface area contributed by atoms with Crippen molar-refractivity contribution >= 4 is 23.4 Å². The molecule has 2 aromatic carbocycles. The van der Waals surface area contributed by atoms with Crippen LogP contribution in [-0.4, -0.2) is 99.1 Å². The molecule has 0 unspecified atom stereocenters. The van der Waals surface area contributed by atoms with Gasteiger partial charge in [0.1, 0.15) is 18.3 Å². The van der Waals surface area contributed by atoms with Crippen molar-refractivity contribution in [2.24, 2.45) is 11.8 Å². The van der Waals surface area contributed by atoms with E-state index in [0.29, 0.717) is 34.7 Å². The van der Waals surface area contributed by atoms with Crippen molar-refractivity contribution in [1.82, 2.24) is 5.32 Å². The molecule has 0 radical (unpaired) electrons. The van der Waals surface area contributed by atoms with Gasteiger partial charge in [-0.25, -0.2) is 0 Å². The fourth-order valence-corrected chi connectivity index (χ4v) is 9.34. The SMILES string of the molecule is CCCC/C=C\C/C=C\CCCCCCCCNC(=S)O[C@H]1[C@H](O[C@@H]2c3cc4c(cc3[C@@H](c3cc(OC)c(O)c(OC)c3)[C@H]3C(=O)OC[C@@H]32)OCO4)O[C@@H]2CO[C@@H](C)O[C@H]2[C@@H]1O. The second-order valence-corrected chi connectivity index (χ2v) is 16.9. The highest BCUT2D eigenvalue weighted by Crippen LogP contribution is 2.57. The first-order valence-corrected chi connectivity index (χ1v) is 22.7. The molecule has 4 aliphatic heterocycles. The summed E-state index contributed by atoms with van der Waals surface area (Å²) < 4.78 is 60.0. The van der Waals surface area contributed by atoms with E-state index in [1.165, 1.54) is 52.7 Å². The second-order valence-electron chi connectivity index (χ2n) is 16.5. The van der Waals surface area contributed by atoms with Crippen LogP contribution in [0.25, 0.3) is 0 Å². The molecule has 2 aromatic rings. The van der Waals surface area contributed by atoms with Gasteiger partial charge in [0, 0.05) is 18.4 Å². The van der Waals surface area contributed by atoms with Gasteiger partial charge in [-0.3, -0.25) is 4.79 Å². The molecule has 15 heteroatoms. The van der Waals surface area contributed by atoms with Crippen LogP contribution in [0.1, 0.15) is 113 Å². The molecule has 0 spiro atoms. The number of cyclic esters (lactones) is 1. The average Bonchev–Trinajstić information content (AvgIpc) is 3.90. The van der Waals surface area contributed by atoms with E-state index >= 15 is 0 Å². The number of rotatable bonds is 20. The summed E-state index contributed by atoms with van der Waals surface area (Å²) in [6, 6.07) is 7.09. The molecule has 14 nitrogen and oxygen atoms in total. The van der Waals surface area contributed by atoms with Gasteiger partial charge in [0.25, 0.3) is 5.17 Å². The number of esters is 1. The van der Waals surface area contributed by atoms with Crippen LogP contribution in [-0.2, 0) is 33.2 Å². The number of nitrogens with one attached hydrogen (secondary N) is 1. The first-order chi connectivity index (χ1) is 30.2. The van der Waals surface area contributed by atoms with E-state index in [2.05, 4.69) is 36.5 Å². The summed E-state index contributed by atoms with van der Waals surface area (Å²) in [6.07, 6.45) is 15.3. The van der Waals surface area contributed by atoms with Crippen molar-refractivity contribution in [2.75, 3.05) is 40.8 Å². The first kappa shape index (κ1) is 45.9. The lowest BCUT2D eigenvalue weighted by atomic mass is 9.66. The van der Waals surface area contributed by atoms with E-state index in [4.69, 9.17) is 59.6 Å². The zero-order valence-electron chi connectivity index (χ0n) is 36.3. The monoisotopic (exact) mass is 881 g/mol. The van der Waals surface area contributed by atoms with E-state index in [0.717, 1.165) is 32.1 Å². The van der Waals surface area contributed by atoms with Crippen molar-refractivity contribution in [3.05, 3.63) is 65.3 Å². The maximum absolute atomic E-state index is 13.8. The molecule has 5 aliphatic rings. The van der Waals surface area contributed by atoms with Crippen LogP contribution in [0.2, 0.25) is 0 Å². The van der Waals surface area contributed by atoms with Crippen LogP contribution in [0.15, 0.2) is 48.6 Å². The molecular formula is C47H63NO13S. The molecule has 1 aliphatic carbocycles. The van der Waals surface area contributed by atoms with Crippen molar-refractivity contribution in [1.29, 1.82) is 0 Å². The minimum atomic E-state index is -1.20. The van der Waals surface area contributed by atoms with Gasteiger partial charge in [0.2, 0.25) is 12.5 Å². The Morgan fingerprint density at radius 2 is 1.55 bits per heavy atom. The number of aliphatic hydroxyl groups is 1. The van der Waals surface area contributed by atoms with Gasteiger partial charge in [0.05, 0.1) is 39.5 Å². The molecular weight excluding hydrogens is 819 g/mol. The third-order valence-corrected chi connectivity index (χ3v) is 12.6. The molecule has 10 atom stereocenters. The number of allylic oxidation sites excluding steroid dienone is 4. The molecule has 7 rings (SSSR count). The Balaban J connectivity index is 1.03. The van der Waals surface area contributed by atoms with Crippen molar-refractivity contribution < 1.29 is 62.4 Å². The van der Waals surface area contributed by atoms with Gasteiger partial charge in [-0.15, -0.1) is 0 Å². The molecule has 0 bridgehead atoms. The maximum atomic E-state index is 13.8. The van der Waals surface area contributed by atoms with Gasteiger partial charge in [0.15, 0.2) is 41.7 Å². The maximum Gasteiger partial charge on any atom is 0.310 e. The largest absolute Gasteiger partial charge is 0.502 e. The highest BCUT2D eigenvalue weighted by molar-refractivity contribution is 7.80. The van der Waals surface area contributed by atoms with E-state index < -0.39 is 66.8 Å². The number of hydrogen-bond acceptors (Lipinski definition) is 14. The van der Waals surface area contributed by atoms with Crippen LogP contribution >= 0.6 is 12.2 Å². The summed E-state index contributed by atoms with van der Waals surface area (Å²) >= 11 is 5.68. The minimum absolute atomic E-state index is 0.0273. The predicted molar refractivity (Wildman–Crippen MR) is 233 cm³/mol. The van der Waals surface area contributed by atoms with Crippen molar-refractivity contribution in [3.8, 4) is 28.7 Å². The summed E-state index contributed by atoms with van der Waals surface area (Å²) in [7, 11) is 2.90. The topological polar surface area (TPSA) is 162 Å². The third kappa shape index (κ3) is 10.6. The van der Waals surface area contributed by atoms with E-state index in [1.807, 2.05) is 12.1 Å². The highest BCUT2D eigenvalue weighted by atomic mass is 32.1. The average molecular weight is 882 g/mol. The molecule has 340 valence electrons. The number of aromatic hydroxyl groups is 1. The lowest BCUT2D eigenvalue weighted by Crippen LogP contribution is -2.64. The zero-order valence-corrected chi connectivity index (χ0v) is 37.1. The number of unbranched alkanes of at least 4 members (excludes halogenated alkanes) is 8. The van der Waals surface area contributed by atoms with E-state index in [1.54, 1.807) is 19.1 Å². The van der Waals surface area contributed by atoms with Crippen LogP contribution in [0, 0.1) is 11.8 Å². The van der Waals surface area contributed by atoms with Gasteiger partial charge < -0.3 is 62.9 Å². The van der Waals surface area contributed by atoms with Gasteiger partial charge in [-0.1, -0.05) is 69.8 Å². The fraction of sp³-hybridized carbons (Fsp3) is 0.617. The van der Waals surface area contributed by atoms with Crippen LogP contribution in [0.4, 0.5) is 0 Å². The molecule has 62 heavy (non-hydrogen) atoms. The summed E-state index contributed by atoms with van der Waals surface area (Å²) in [5, 5.41) is 26.0. The number of ether oxygens (including phenoxy) is 10. The number of carbonyl (C=O) groups is 1. The summed E-state index contributed by atoms with van der Waals surface area (Å²) in [5.74, 6) is -1.01. The lowest BCUT2D eigenvalue weighted by Gasteiger charge is -2.48. The number of fused-ring (bicyclic) bond motifs is 4. The van der Waals surface area contributed by atoms with Gasteiger partial charge >= 0.3 is 5.97 Å². The number of carbonyl (C=O) groups excluding carboxylic acids is 1. The molecule has 3 N–H and O–H groups in total. The molecule has 0 saturated carbocycles. The number of thiocarbonyl (C=S) groups is 1. The Hall–Kier alpha value is -4.12. The van der Waals surface area contributed by atoms with Crippen LogP contribution in [0.5, 0.6) is 28.7 Å². The van der Waals surface area contributed by atoms with Crippen LogP contribution < -0.4 is 24.3 Å². The molecule has 3 fully saturated rings. The predicted octanol–water partition coefficient (Wildman–Crippen LogP) is 7.66. The third-order valence-electron chi connectivity index (χ3n) is 12.4. The lowest BCUT2D eigenvalue weighted by molar-refractivity contribution is -0.362. The second kappa shape index (κ2) is 22.0. The summed E-state index contributed by atoms with van der Waals surface area (Å²) in [5.41, 5.74) is 2.08. The summed E-state index contributed by atoms with van der Waals surface area (Å²) in [4.78, 5) is 13.8. The number of aliphatic hydroxyl groups excluding tert-OH is 1. The molecule has 0 amide bonds. The normalized spacial score (nSPS) is 28.6. The Morgan fingerprint density at radius 3 is 2.26 bits per heavy atom. The quantitative estimate of drug-likeness (QED) is 0.0514. The minimum Gasteiger partial charge on any atom is -0.502 e. The van der Waals surface area contributed by atoms with Gasteiger partial charge in [-0.2, -0.15) is 0 Å². The number of methoxy groups -OCH3 is 2. The first-order valence-electron chi connectivity index (χ1n) is 22.3. The molecule has 0 aromatic heterocycles. The van der Waals surface area contributed by atoms with Crippen LogP contribution in [0.3, 0.4) is 0 Å². The van der Waals surface area contributed by atoms with E-state index in [-0.39, 0.29) is 42.4 Å². The van der Waals surface area contributed by atoms with Crippen molar-refractivity contribution in [2.45, 2.75) is 133 Å². The smallest absolute Gasteiger partial charge is 0.310 e. The number of phenolic OH excluding ortho intramolecular Hbond substituents is 1. The number of hydrogen-bond donors (Lipinski definition) is 3. The van der Waals surface area contributed by atoms with E-state index in [9.17, 15) is 15.0 Å². The Bertz CT molecular complexity index is 1860. The zero-order chi connectivity index (χ0) is 43.6. The highest BCUT2D eigenvalue weighted by Gasteiger charge is 2.57. The number of phenols is 1. The molecule has 4 heterocycles.